The van der Waals surface area contributed by atoms with Crippen LogP contribution in [0.1, 0.15) is 5.56 Å². The van der Waals surface area contributed by atoms with E-state index >= 15 is 0 Å². The van der Waals surface area contributed by atoms with Gasteiger partial charge in [-0.15, -0.1) is 0 Å². The van der Waals surface area contributed by atoms with Crippen LogP contribution < -0.4 is 10.5 Å². The molecule has 0 aliphatic heterocycles. The average Bonchev–Trinajstić information content (AvgIpc) is 2.36. The van der Waals surface area contributed by atoms with Crippen molar-refractivity contribution < 1.29 is 12.8 Å². The van der Waals surface area contributed by atoms with E-state index in [2.05, 4.69) is 25.6 Å². The Morgan fingerprint density at radius 1 is 1.40 bits per heavy atom. The number of aromatic nitrogens is 1. The maximum Gasteiger partial charge on any atom is 0.262 e. The van der Waals surface area contributed by atoms with Gasteiger partial charge in [-0.1, -0.05) is 0 Å². The number of benzene rings is 1. The van der Waals surface area contributed by atoms with Gasteiger partial charge in [0.15, 0.2) is 5.82 Å². The van der Waals surface area contributed by atoms with Gasteiger partial charge in [0.25, 0.3) is 10.0 Å². The second-order valence-corrected chi connectivity index (χ2v) is 6.61. The molecule has 0 fully saturated rings. The first kappa shape index (κ1) is 14.7. The summed E-state index contributed by atoms with van der Waals surface area (Å²) in [4.78, 5) is 3.55. The summed E-state index contributed by atoms with van der Waals surface area (Å²) in [6.45, 7) is 1.63. The molecule has 3 N–H and O–H groups in total. The quantitative estimate of drug-likeness (QED) is 0.825. The largest absolute Gasteiger partial charge is 0.398 e. The summed E-state index contributed by atoms with van der Waals surface area (Å²) in [6.07, 6.45) is 2.23. The lowest BCUT2D eigenvalue weighted by atomic mass is 10.2. The summed E-state index contributed by atoms with van der Waals surface area (Å²) in [5.74, 6) is -0.751. The lowest BCUT2D eigenvalue weighted by molar-refractivity contribution is 0.597. The first-order valence-corrected chi connectivity index (χ1v) is 7.77. The van der Waals surface area contributed by atoms with Crippen LogP contribution in [0.3, 0.4) is 0 Å². The molecular weight excluding hydrogens is 349 g/mol. The van der Waals surface area contributed by atoms with Crippen LogP contribution in [0.4, 0.5) is 15.8 Å². The van der Waals surface area contributed by atoms with Gasteiger partial charge in [0.1, 0.15) is 0 Å². The summed E-state index contributed by atoms with van der Waals surface area (Å²) in [5.41, 5.74) is 6.30. The van der Waals surface area contributed by atoms with Crippen molar-refractivity contribution in [3.63, 3.8) is 0 Å². The molecule has 20 heavy (non-hydrogen) atoms. The Morgan fingerprint density at radius 3 is 2.75 bits per heavy atom. The molecular formula is C12H11BrFN3O2S. The Bertz CT molecular complexity index is 765. The molecule has 0 aliphatic carbocycles. The van der Waals surface area contributed by atoms with Crippen molar-refractivity contribution in [1.29, 1.82) is 0 Å². The average molecular weight is 360 g/mol. The third-order valence-corrected chi connectivity index (χ3v) is 4.79. The second kappa shape index (κ2) is 5.37. The standard InChI is InChI=1S/C12H11BrFN3O2S/c1-7-4-8(13)10(15)5-12(7)20(18,19)17-11-2-3-16-6-9(11)14/h2-6H,15H2,1H3,(H,16,17). The minimum atomic E-state index is -3.92. The third-order valence-electron chi connectivity index (χ3n) is 2.60. The topological polar surface area (TPSA) is 85.1 Å². The zero-order valence-corrected chi connectivity index (χ0v) is 12.8. The molecule has 1 aromatic heterocycles. The van der Waals surface area contributed by atoms with Gasteiger partial charge in [0, 0.05) is 16.4 Å². The molecule has 0 radical (unpaired) electrons. The summed E-state index contributed by atoms with van der Waals surface area (Å²) in [6, 6.07) is 4.15. The molecule has 2 aromatic rings. The highest BCUT2D eigenvalue weighted by Gasteiger charge is 2.20. The predicted octanol–water partition coefficient (Wildman–Crippen LogP) is 2.67. The number of nitrogen functional groups attached to an aromatic ring is 1. The minimum Gasteiger partial charge on any atom is -0.398 e. The van der Waals surface area contributed by atoms with Gasteiger partial charge in [-0.25, -0.2) is 12.8 Å². The third kappa shape index (κ3) is 2.91. The minimum absolute atomic E-state index is 0.00517. The molecule has 0 unspecified atom stereocenters. The normalized spacial score (nSPS) is 11.3. The summed E-state index contributed by atoms with van der Waals surface area (Å²) >= 11 is 3.22. The molecule has 0 saturated carbocycles. The zero-order chi connectivity index (χ0) is 14.9. The maximum atomic E-state index is 13.5. The summed E-state index contributed by atoms with van der Waals surface area (Å²) in [7, 11) is -3.92. The van der Waals surface area contributed by atoms with Crippen molar-refractivity contribution in [2.75, 3.05) is 10.5 Å². The number of aryl methyl sites for hydroxylation is 1. The van der Waals surface area contributed by atoms with Gasteiger partial charge in [0.2, 0.25) is 0 Å². The SMILES string of the molecule is Cc1cc(Br)c(N)cc1S(=O)(=O)Nc1ccncc1F. The number of halogens is 2. The highest BCUT2D eigenvalue weighted by Crippen LogP contribution is 2.28. The van der Waals surface area contributed by atoms with Crippen molar-refractivity contribution in [3.8, 4) is 0 Å². The number of sulfonamides is 1. The Hall–Kier alpha value is -1.67. The van der Waals surface area contributed by atoms with E-state index in [1.165, 1.54) is 18.3 Å². The lowest BCUT2D eigenvalue weighted by Gasteiger charge is -2.12. The molecule has 5 nitrogen and oxygen atoms in total. The summed E-state index contributed by atoms with van der Waals surface area (Å²) in [5, 5.41) is 0. The molecule has 2 rings (SSSR count). The molecule has 106 valence electrons. The monoisotopic (exact) mass is 359 g/mol. The Labute approximate surface area is 124 Å². The van der Waals surface area contributed by atoms with Crippen LogP contribution in [-0.4, -0.2) is 13.4 Å². The number of hydrogen-bond donors (Lipinski definition) is 2. The molecule has 0 aliphatic rings. The van der Waals surface area contributed by atoms with Crippen molar-refractivity contribution in [1.82, 2.24) is 4.98 Å². The number of nitrogens with zero attached hydrogens (tertiary/aromatic N) is 1. The van der Waals surface area contributed by atoms with Crippen molar-refractivity contribution >= 4 is 37.3 Å². The van der Waals surface area contributed by atoms with Crippen molar-refractivity contribution in [2.45, 2.75) is 11.8 Å². The van der Waals surface area contributed by atoms with Crippen LogP contribution in [0, 0.1) is 12.7 Å². The van der Waals surface area contributed by atoms with E-state index in [9.17, 15) is 12.8 Å². The van der Waals surface area contributed by atoms with E-state index in [0.717, 1.165) is 6.20 Å². The zero-order valence-electron chi connectivity index (χ0n) is 10.4. The van der Waals surface area contributed by atoms with E-state index in [-0.39, 0.29) is 16.3 Å². The molecule has 8 heteroatoms. The van der Waals surface area contributed by atoms with E-state index in [0.29, 0.717) is 10.0 Å². The molecule has 0 amide bonds. The van der Waals surface area contributed by atoms with Crippen LogP contribution in [0.5, 0.6) is 0 Å². The lowest BCUT2D eigenvalue weighted by Crippen LogP contribution is -2.15. The number of nitrogens with two attached hydrogens (primary N) is 1. The van der Waals surface area contributed by atoms with Gasteiger partial charge in [-0.2, -0.15) is 0 Å². The summed E-state index contributed by atoms with van der Waals surface area (Å²) < 4.78 is 40.8. The van der Waals surface area contributed by atoms with Crippen LogP contribution in [-0.2, 0) is 10.0 Å². The van der Waals surface area contributed by atoms with Crippen LogP contribution in [0.2, 0.25) is 0 Å². The smallest absolute Gasteiger partial charge is 0.262 e. The van der Waals surface area contributed by atoms with E-state index in [1.54, 1.807) is 13.0 Å². The predicted molar refractivity (Wildman–Crippen MR) is 78.3 cm³/mol. The fourth-order valence-corrected chi connectivity index (χ4v) is 3.40. The number of anilines is 2. The number of pyridine rings is 1. The van der Waals surface area contributed by atoms with Gasteiger partial charge < -0.3 is 5.73 Å². The first-order chi connectivity index (χ1) is 9.31. The fraction of sp³-hybridized carbons (Fsp3) is 0.0833. The molecule has 0 saturated heterocycles. The second-order valence-electron chi connectivity index (χ2n) is 4.10. The van der Waals surface area contributed by atoms with E-state index in [4.69, 9.17) is 5.73 Å². The van der Waals surface area contributed by atoms with Crippen molar-refractivity contribution in [3.05, 3.63) is 46.4 Å². The molecule has 0 spiro atoms. The highest BCUT2D eigenvalue weighted by atomic mass is 79.9. The van der Waals surface area contributed by atoms with Gasteiger partial charge in [-0.05, 0) is 46.6 Å². The fourth-order valence-electron chi connectivity index (χ4n) is 1.62. The van der Waals surface area contributed by atoms with E-state index in [1.807, 2.05) is 0 Å². The molecule has 1 heterocycles. The van der Waals surface area contributed by atoms with Gasteiger partial charge in [0.05, 0.1) is 16.8 Å². The Balaban J connectivity index is 2.47. The number of nitrogens with one attached hydrogen (secondary N) is 1. The Morgan fingerprint density at radius 2 is 2.10 bits per heavy atom. The molecule has 1 aromatic carbocycles. The molecule has 0 bridgehead atoms. The van der Waals surface area contributed by atoms with Gasteiger partial charge in [-0.3, -0.25) is 9.71 Å². The molecule has 0 atom stereocenters. The number of hydrogen-bond acceptors (Lipinski definition) is 4. The van der Waals surface area contributed by atoms with Gasteiger partial charge >= 0.3 is 0 Å². The first-order valence-electron chi connectivity index (χ1n) is 5.49. The van der Waals surface area contributed by atoms with Crippen LogP contribution in [0.15, 0.2) is 40.0 Å². The highest BCUT2D eigenvalue weighted by molar-refractivity contribution is 9.10. The van der Waals surface area contributed by atoms with Crippen molar-refractivity contribution in [2.24, 2.45) is 0 Å². The Kier molecular flexibility index (Phi) is 3.96. The van der Waals surface area contributed by atoms with Crippen LogP contribution >= 0.6 is 15.9 Å². The maximum absolute atomic E-state index is 13.5. The number of rotatable bonds is 3. The van der Waals surface area contributed by atoms with Crippen LogP contribution in [0.25, 0.3) is 0 Å². The van der Waals surface area contributed by atoms with E-state index < -0.39 is 15.8 Å².